The summed E-state index contributed by atoms with van der Waals surface area (Å²) < 4.78 is 34.3. The highest BCUT2D eigenvalue weighted by Crippen LogP contribution is 2.36. The molecule has 1 aliphatic rings. The predicted octanol–water partition coefficient (Wildman–Crippen LogP) is 4.18. The Morgan fingerprint density at radius 2 is 1.89 bits per heavy atom. The van der Waals surface area contributed by atoms with Crippen LogP contribution in [-0.2, 0) is 10.0 Å². The lowest BCUT2D eigenvalue weighted by molar-refractivity contribution is 0.317. The first-order valence-electron chi connectivity index (χ1n) is 8.99. The van der Waals surface area contributed by atoms with Crippen LogP contribution in [0.1, 0.15) is 29.3 Å². The summed E-state index contributed by atoms with van der Waals surface area (Å²) in [6.07, 6.45) is 1.57. The molecule has 2 heterocycles. The molecule has 1 fully saturated rings. The highest BCUT2D eigenvalue weighted by Gasteiger charge is 2.33. The molecule has 1 aliphatic heterocycles. The lowest BCUT2D eigenvalue weighted by atomic mass is 9.99. The van der Waals surface area contributed by atoms with E-state index in [9.17, 15) is 8.42 Å². The number of benzene rings is 2. The number of para-hydroxylation sites is 1. The van der Waals surface area contributed by atoms with Gasteiger partial charge in [0.1, 0.15) is 10.6 Å². The second-order valence-corrected chi connectivity index (χ2v) is 9.82. The minimum Gasteiger partial charge on any atom is -0.495 e. The van der Waals surface area contributed by atoms with E-state index in [1.165, 1.54) is 11.8 Å². The van der Waals surface area contributed by atoms with Crippen LogP contribution in [0.2, 0.25) is 0 Å². The summed E-state index contributed by atoms with van der Waals surface area (Å²) in [5.41, 5.74) is 1.93. The van der Waals surface area contributed by atoms with Crippen molar-refractivity contribution in [1.29, 1.82) is 0 Å². The lowest BCUT2D eigenvalue weighted by Crippen LogP contribution is -2.38. The Labute approximate surface area is 163 Å². The largest absolute Gasteiger partial charge is 0.495 e. The van der Waals surface area contributed by atoms with Crippen LogP contribution in [0.15, 0.2) is 47.4 Å². The number of ether oxygens (including phenoxy) is 1. The Kier molecular flexibility index (Phi) is 4.92. The molecule has 142 valence electrons. The molecule has 0 amide bonds. The third-order valence-electron chi connectivity index (χ3n) is 5.05. The number of piperidine rings is 1. The maximum absolute atomic E-state index is 13.1. The monoisotopic (exact) mass is 402 g/mol. The van der Waals surface area contributed by atoms with E-state index < -0.39 is 10.0 Å². The van der Waals surface area contributed by atoms with Gasteiger partial charge in [-0.3, -0.25) is 0 Å². The quantitative estimate of drug-likeness (QED) is 0.657. The Bertz CT molecular complexity index is 1030. The number of aryl methyl sites for hydroxylation is 1. The minimum atomic E-state index is -3.57. The van der Waals surface area contributed by atoms with E-state index in [1.54, 1.807) is 27.8 Å². The summed E-state index contributed by atoms with van der Waals surface area (Å²) in [6, 6.07) is 13.4. The normalized spacial score (nSPS) is 16.7. The number of nitrogens with zero attached hydrogens (tertiary/aromatic N) is 2. The van der Waals surface area contributed by atoms with Crippen molar-refractivity contribution in [3.05, 3.63) is 53.0 Å². The van der Waals surface area contributed by atoms with Gasteiger partial charge in [0.25, 0.3) is 0 Å². The third-order valence-corrected chi connectivity index (χ3v) is 8.17. The van der Waals surface area contributed by atoms with Crippen LogP contribution in [0.4, 0.5) is 0 Å². The van der Waals surface area contributed by atoms with Gasteiger partial charge in [-0.05, 0) is 49.6 Å². The Balaban J connectivity index is 1.54. The highest BCUT2D eigenvalue weighted by atomic mass is 32.2. The number of thiazole rings is 1. The molecule has 0 aliphatic carbocycles. The molecule has 0 radical (unpaired) electrons. The van der Waals surface area contributed by atoms with Crippen LogP contribution in [0.5, 0.6) is 5.75 Å². The van der Waals surface area contributed by atoms with Crippen LogP contribution in [-0.4, -0.2) is 37.9 Å². The number of fused-ring (bicyclic) bond motifs is 1. The number of hydrogen-bond acceptors (Lipinski definition) is 5. The maximum atomic E-state index is 13.1. The SMILES string of the molecule is COc1ccc(C)cc1S(=O)(=O)N1CCC(c2nc3ccccc3s2)CC1. The molecule has 27 heavy (non-hydrogen) atoms. The Hall–Kier alpha value is -1.96. The van der Waals surface area contributed by atoms with Gasteiger partial charge in [-0.2, -0.15) is 4.31 Å². The fraction of sp³-hybridized carbons (Fsp3) is 0.350. The van der Waals surface area contributed by atoms with Crippen molar-refractivity contribution in [3.8, 4) is 5.75 Å². The fourth-order valence-electron chi connectivity index (χ4n) is 3.53. The molecule has 2 aromatic carbocycles. The highest BCUT2D eigenvalue weighted by molar-refractivity contribution is 7.89. The van der Waals surface area contributed by atoms with Crippen LogP contribution in [0.3, 0.4) is 0 Å². The van der Waals surface area contributed by atoms with Crippen molar-refractivity contribution in [2.45, 2.75) is 30.6 Å². The van der Waals surface area contributed by atoms with Gasteiger partial charge in [-0.25, -0.2) is 13.4 Å². The first-order valence-corrected chi connectivity index (χ1v) is 11.2. The van der Waals surface area contributed by atoms with Crippen LogP contribution in [0.25, 0.3) is 10.2 Å². The van der Waals surface area contributed by atoms with Crippen molar-refractivity contribution in [2.75, 3.05) is 20.2 Å². The van der Waals surface area contributed by atoms with Crippen molar-refractivity contribution in [2.24, 2.45) is 0 Å². The molecular weight excluding hydrogens is 380 g/mol. The molecule has 0 bridgehead atoms. The van der Waals surface area contributed by atoms with Crippen molar-refractivity contribution in [1.82, 2.24) is 9.29 Å². The van der Waals surface area contributed by atoms with Gasteiger partial charge in [-0.15, -0.1) is 11.3 Å². The van der Waals surface area contributed by atoms with Crippen LogP contribution < -0.4 is 4.74 Å². The summed E-state index contributed by atoms with van der Waals surface area (Å²) in [4.78, 5) is 5.00. The third kappa shape index (κ3) is 3.47. The molecule has 5 nitrogen and oxygen atoms in total. The number of sulfonamides is 1. The maximum Gasteiger partial charge on any atom is 0.246 e. The van der Waals surface area contributed by atoms with Crippen molar-refractivity contribution < 1.29 is 13.2 Å². The first-order chi connectivity index (χ1) is 13.0. The van der Waals surface area contributed by atoms with Gasteiger partial charge in [-0.1, -0.05) is 18.2 Å². The van der Waals surface area contributed by atoms with Gasteiger partial charge in [0, 0.05) is 19.0 Å². The van der Waals surface area contributed by atoms with E-state index in [0.29, 0.717) is 24.8 Å². The van der Waals surface area contributed by atoms with Gasteiger partial charge >= 0.3 is 0 Å². The van der Waals surface area contributed by atoms with E-state index in [2.05, 4.69) is 6.07 Å². The molecule has 0 N–H and O–H groups in total. The van der Waals surface area contributed by atoms with Gasteiger partial charge in [0.2, 0.25) is 10.0 Å². The van der Waals surface area contributed by atoms with Crippen molar-refractivity contribution in [3.63, 3.8) is 0 Å². The topological polar surface area (TPSA) is 59.5 Å². The zero-order valence-corrected chi connectivity index (χ0v) is 17.0. The van der Waals surface area contributed by atoms with Gasteiger partial charge in [0.05, 0.1) is 22.3 Å². The van der Waals surface area contributed by atoms with Crippen molar-refractivity contribution >= 4 is 31.6 Å². The van der Waals surface area contributed by atoms with Gasteiger partial charge < -0.3 is 4.74 Å². The predicted molar refractivity (Wildman–Crippen MR) is 108 cm³/mol. The molecule has 0 unspecified atom stereocenters. The summed E-state index contributed by atoms with van der Waals surface area (Å²) in [5.74, 6) is 0.710. The van der Waals surface area contributed by atoms with Gasteiger partial charge in [0.15, 0.2) is 0 Å². The number of methoxy groups -OCH3 is 1. The van der Waals surface area contributed by atoms with Crippen LogP contribution in [0, 0.1) is 6.92 Å². The smallest absolute Gasteiger partial charge is 0.246 e. The Morgan fingerprint density at radius 3 is 2.59 bits per heavy atom. The van der Waals surface area contributed by atoms with E-state index in [4.69, 9.17) is 9.72 Å². The first kappa shape index (κ1) is 18.4. The molecule has 4 rings (SSSR count). The average Bonchev–Trinajstić information content (AvgIpc) is 3.12. The Morgan fingerprint density at radius 1 is 1.15 bits per heavy atom. The molecule has 0 saturated carbocycles. The fourth-order valence-corrected chi connectivity index (χ4v) is 6.38. The summed E-state index contributed by atoms with van der Waals surface area (Å²) in [7, 11) is -2.06. The molecule has 0 atom stereocenters. The summed E-state index contributed by atoms with van der Waals surface area (Å²) in [5, 5.41) is 1.11. The molecule has 1 aromatic heterocycles. The second kappa shape index (κ2) is 7.22. The van der Waals surface area contributed by atoms with E-state index >= 15 is 0 Å². The molecule has 0 spiro atoms. The van der Waals surface area contributed by atoms with E-state index in [1.807, 2.05) is 31.2 Å². The molecule has 7 heteroatoms. The minimum absolute atomic E-state index is 0.253. The lowest BCUT2D eigenvalue weighted by Gasteiger charge is -2.30. The number of aromatic nitrogens is 1. The molecule has 1 saturated heterocycles. The zero-order valence-electron chi connectivity index (χ0n) is 15.4. The summed E-state index contributed by atoms with van der Waals surface area (Å²) >= 11 is 1.72. The summed E-state index contributed by atoms with van der Waals surface area (Å²) in [6.45, 7) is 2.89. The molecule has 3 aromatic rings. The van der Waals surface area contributed by atoms with Crippen LogP contribution >= 0.6 is 11.3 Å². The number of hydrogen-bond donors (Lipinski definition) is 0. The second-order valence-electron chi connectivity index (χ2n) is 6.85. The zero-order chi connectivity index (χ0) is 19.0. The standard InChI is InChI=1S/C20H22N2O3S2/c1-14-7-8-17(25-2)19(13-14)27(23,24)22-11-9-15(10-12-22)20-21-16-5-3-4-6-18(16)26-20/h3-8,13,15H,9-12H2,1-2H3. The molecular formula is C20H22N2O3S2. The van der Waals surface area contributed by atoms with E-state index in [0.717, 1.165) is 28.9 Å². The number of rotatable bonds is 4. The average molecular weight is 403 g/mol. The van der Waals surface area contributed by atoms with E-state index in [-0.39, 0.29) is 4.90 Å².